The van der Waals surface area contributed by atoms with Crippen LogP contribution in [0.5, 0.6) is 0 Å². The Morgan fingerprint density at radius 3 is 1.55 bits per heavy atom. The fraction of sp³-hybridized carbons (Fsp3) is 0.667. The highest BCUT2D eigenvalue weighted by Crippen LogP contribution is 2.15. The highest BCUT2D eigenvalue weighted by molar-refractivity contribution is 14.1. The van der Waals surface area contributed by atoms with Gasteiger partial charge in [0.1, 0.15) is 13.2 Å². The molecule has 0 aliphatic heterocycles. The number of hydrogen-bond donors (Lipinski definition) is 0. The van der Waals surface area contributed by atoms with Crippen LogP contribution >= 0.6 is 45.2 Å². The second-order valence-corrected chi connectivity index (χ2v) is 8.16. The zero-order valence-corrected chi connectivity index (χ0v) is 16.5. The molecule has 0 rings (SSSR count). The van der Waals surface area contributed by atoms with Crippen LogP contribution in [-0.2, 0) is 9.47 Å². The van der Waals surface area contributed by atoms with Crippen molar-refractivity contribution in [3.8, 4) is 23.7 Å². The van der Waals surface area contributed by atoms with Crippen LogP contribution in [0.1, 0.15) is 27.7 Å². The van der Waals surface area contributed by atoms with Gasteiger partial charge in [-0.2, -0.15) is 0 Å². The van der Waals surface area contributed by atoms with Gasteiger partial charge in [-0.05, 0) is 13.8 Å². The Hall–Kier alpha value is -0.150. The monoisotopic (exact) mass is 502 g/mol. The van der Waals surface area contributed by atoms with Crippen LogP contribution in [0.3, 0.4) is 0 Å². The van der Waals surface area contributed by atoms with Crippen molar-refractivity contribution in [3.63, 3.8) is 0 Å². The van der Waals surface area contributed by atoms with E-state index in [9.17, 15) is 4.79 Å². The highest BCUT2D eigenvalue weighted by atomic mass is 127. The van der Waals surface area contributed by atoms with Crippen LogP contribution in [0.25, 0.3) is 0 Å². The van der Waals surface area contributed by atoms with Gasteiger partial charge in [-0.3, -0.25) is 0 Å². The van der Waals surface area contributed by atoms with Gasteiger partial charge in [-0.25, -0.2) is 4.79 Å². The molecule has 0 saturated carbocycles. The number of halogens is 2. The summed E-state index contributed by atoms with van der Waals surface area (Å²) in [4.78, 5) is 11.6. The second kappa shape index (κ2) is 11.5. The lowest BCUT2D eigenvalue weighted by atomic mass is 10.1. The summed E-state index contributed by atoms with van der Waals surface area (Å²) in [5.74, 6) is 11.8. The first kappa shape index (κ1) is 19.9. The zero-order valence-electron chi connectivity index (χ0n) is 12.2. The molecular formula is C15H20I2O3. The van der Waals surface area contributed by atoms with Gasteiger partial charge in [0.25, 0.3) is 0 Å². The predicted octanol–water partition coefficient (Wildman–Crippen LogP) is 4.07. The van der Waals surface area contributed by atoms with E-state index in [4.69, 9.17) is 9.47 Å². The van der Waals surface area contributed by atoms with Crippen LogP contribution in [0.4, 0.5) is 4.79 Å². The van der Waals surface area contributed by atoms with Gasteiger partial charge in [0.2, 0.25) is 0 Å². The fourth-order valence-electron chi connectivity index (χ4n) is 1.31. The molecule has 0 aromatic carbocycles. The quantitative estimate of drug-likeness (QED) is 0.238. The van der Waals surface area contributed by atoms with Crippen molar-refractivity contribution in [2.24, 2.45) is 11.8 Å². The second-order valence-electron chi connectivity index (χ2n) is 4.23. The van der Waals surface area contributed by atoms with Crippen LogP contribution in [-0.4, -0.2) is 27.2 Å². The molecule has 4 unspecified atom stereocenters. The molecule has 0 saturated heterocycles. The Balaban J connectivity index is 4.21. The third-order valence-corrected chi connectivity index (χ3v) is 4.27. The molecule has 0 N–H and O–H groups in total. The molecule has 0 fully saturated rings. The van der Waals surface area contributed by atoms with Gasteiger partial charge in [0.15, 0.2) is 0 Å². The van der Waals surface area contributed by atoms with Gasteiger partial charge in [0, 0.05) is 7.85 Å². The lowest BCUT2D eigenvalue weighted by molar-refractivity contribution is 0.0443. The Labute approximate surface area is 149 Å². The normalized spacial score (nSPS) is 15.5. The summed E-state index contributed by atoms with van der Waals surface area (Å²) in [7, 11) is 0. The average Bonchev–Trinajstić information content (AvgIpc) is 2.38. The third kappa shape index (κ3) is 8.91. The number of rotatable bonds is 6. The summed E-state index contributed by atoms with van der Waals surface area (Å²) < 4.78 is 10.8. The van der Waals surface area contributed by atoms with E-state index in [1.807, 2.05) is 13.8 Å². The van der Waals surface area contributed by atoms with Crippen molar-refractivity contribution in [2.45, 2.75) is 35.5 Å². The average molecular weight is 502 g/mol. The molecule has 3 nitrogen and oxygen atoms in total. The summed E-state index contributed by atoms with van der Waals surface area (Å²) in [5.41, 5.74) is 0. The molecule has 0 aliphatic rings. The first-order chi connectivity index (χ1) is 9.42. The number of alkyl halides is 2. The molecule has 0 heterocycles. The maximum atomic E-state index is 11.6. The van der Waals surface area contributed by atoms with Crippen molar-refractivity contribution in [3.05, 3.63) is 0 Å². The largest absolute Gasteiger partial charge is 0.508 e. The van der Waals surface area contributed by atoms with Gasteiger partial charge >= 0.3 is 6.16 Å². The zero-order chi connectivity index (χ0) is 15.5. The molecule has 0 aromatic rings. The van der Waals surface area contributed by atoms with E-state index >= 15 is 0 Å². The molecule has 0 amide bonds. The number of hydrogen-bond acceptors (Lipinski definition) is 3. The van der Waals surface area contributed by atoms with E-state index in [0.717, 1.165) is 0 Å². The van der Waals surface area contributed by atoms with Crippen molar-refractivity contribution in [1.29, 1.82) is 0 Å². The van der Waals surface area contributed by atoms with Crippen molar-refractivity contribution in [2.75, 3.05) is 13.2 Å². The number of carbonyl (C=O) groups is 1. The Kier molecular flexibility index (Phi) is 11.4. The Morgan fingerprint density at radius 1 is 0.950 bits per heavy atom. The SMILES string of the molecule is CC#CC(COC(=O)OCC(C#CC)C(C)I)C(C)I. The van der Waals surface area contributed by atoms with Gasteiger partial charge in [-0.1, -0.05) is 70.9 Å². The maximum absolute atomic E-state index is 11.6. The van der Waals surface area contributed by atoms with Crippen molar-refractivity contribution in [1.82, 2.24) is 0 Å². The fourth-order valence-corrected chi connectivity index (χ4v) is 2.08. The van der Waals surface area contributed by atoms with E-state index in [-0.39, 0.29) is 25.0 Å². The van der Waals surface area contributed by atoms with Crippen LogP contribution in [0, 0.1) is 35.5 Å². The molecule has 0 radical (unpaired) electrons. The summed E-state index contributed by atoms with van der Waals surface area (Å²) in [6.45, 7) is 8.14. The van der Waals surface area contributed by atoms with Crippen molar-refractivity contribution >= 4 is 51.3 Å². The molecule has 0 aliphatic carbocycles. The molecule has 0 spiro atoms. The smallest absolute Gasteiger partial charge is 0.433 e. The molecular weight excluding hydrogens is 482 g/mol. The minimum atomic E-state index is -0.648. The van der Waals surface area contributed by atoms with E-state index in [1.165, 1.54) is 0 Å². The maximum Gasteiger partial charge on any atom is 0.508 e. The molecule has 112 valence electrons. The number of carbonyl (C=O) groups excluding carboxylic acids is 1. The summed E-state index contributed by atoms with van der Waals surface area (Å²) >= 11 is 4.54. The minimum Gasteiger partial charge on any atom is -0.433 e. The summed E-state index contributed by atoms with van der Waals surface area (Å²) in [6, 6.07) is 0. The Morgan fingerprint density at radius 2 is 1.30 bits per heavy atom. The highest BCUT2D eigenvalue weighted by Gasteiger charge is 2.18. The van der Waals surface area contributed by atoms with Gasteiger partial charge in [0.05, 0.1) is 11.8 Å². The lowest BCUT2D eigenvalue weighted by Gasteiger charge is -2.16. The van der Waals surface area contributed by atoms with Crippen LogP contribution in [0.15, 0.2) is 0 Å². The predicted molar refractivity (Wildman–Crippen MR) is 98.1 cm³/mol. The molecule has 0 bridgehead atoms. The summed E-state index contributed by atoms with van der Waals surface area (Å²) in [5, 5.41) is 0. The first-order valence-corrected chi connectivity index (χ1v) is 8.83. The standard InChI is InChI=1S/C15H20I2O3/c1-5-7-13(11(3)16)9-19-15(18)20-10-14(8-6-2)12(4)17/h11-14H,9-10H2,1-4H3. The first-order valence-electron chi connectivity index (χ1n) is 6.34. The molecule has 4 atom stereocenters. The van der Waals surface area contributed by atoms with Crippen LogP contribution < -0.4 is 0 Å². The number of ether oxygens (including phenoxy) is 2. The molecule has 0 aromatic heterocycles. The van der Waals surface area contributed by atoms with E-state index < -0.39 is 6.16 Å². The molecule has 20 heavy (non-hydrogen) atoms. The minimum absolute atomic E-state index is 0.0304. The van der Waals surface area contributed by atoms with E-state index in [1.54, 1.807) is 13.8 Å². The molecule has 5 heteroatoms. The summed E-state index contributed by atoms with van der Waals surface area (Å²) in [6.07, 6.45) is -0.648. The van der Waals surface area contributed by atoms with Crippen LogP contribution in [0.2, 0.25) is 0 Å². The Bertz CT molecular complexity index is 372. The van der Waals surface area contributed by atoms with E-state index in [0.29, 0.717) is 7.85 Å². The third-order valence-electron chi connectivity index (χ3n) is 2.53. The van der Waals surface area contributed by atoms with Gasteiger partial charge < -0.3 is 9.47 Å². The lowest BCUT2D eigenvalue weighted by Crippen LogP contribution is -2.23. The van der Waals surface area contributed by atoms with E-state index in [2.05, 4.69) is 68.9 Å². The van der Waals surface area contributed by atoms with Gasteiger partial charge in [-0.15, -0.1) is 11.8 Å². The topological polar surface area (TPSA) is 35.5 Å². The van der Waals surface area contributed by atoms with Crippen molar-refractivity contribution < 1.29 is 14.3 Å².